The van der Waals surface area contributed by atoms with Gasteiger partial charge >= 0.3 is 0 Å². The highest BCUT2D eigenvalue weighted by molar-refractivity contribution is 5.50. The van der Waals surface area contributed by atoms with E-state index < -0.39 is 23.8 Å². The van der Waals surface area contributed by atoms with Crippen LogP contribution in [0.25, 0.3) is 5.65 Å². The molecule has 3 atom stereocenters. The fourth-order valence-electron chi connectivity index (χ4n) is 4.05. The van der Waals surface area contributed by atoms with E-state index in [0.29, 0.717) is 26.1 Å². The van der Waals surface area contributed by atoms with Gasteiger partial charge in [-0.05, 0) is 24.6 Å². The molecule has 4 heterocycles. The Morgan fingerprint density at radius 2 is 2.11 bits per heavy atom. The first kappa shape index (κ1) is 16.7. The summed E-state index contributed by atoms with van der Waals surface area (Å²) in [5, 5.41) is 4.53. The Hall–Kier alpha value is -2.49. The zero-order valence-corrected chi connectivity index (χ0v) is 14.4. The van der Waals surface area contributed by atoms with Crippen molar-refractivity contribution in [3.05, 3.63) is 59.3 Å². The summed E-state index contributed by atoms with van der Waals surface area (Å²) in [6.45, 7) is 1.78. The Balaban J connectivity index is 1.32. The number of rotatable bonds is 2. The molecule has 7 nitrogen and oxygen atoms in total. The lowest BCUT2D eigenvalue weighted by atomic mass is 9.93. The van der Waals surface area contributed by atoms with E-state index in [1.54, 1.807) is 10.8 Å². The van der Waals surface area contributed by atoms with E-state index in [4.69, 9.17) is 10.5 Å². The molecule has 2 aliphatic heterocycles. The van der Waals surface area contributed by atoms with Crippen molar-refractivity contribution in [2.45, 2.75) is 37.7 Å². The molecular weight excluding hydrogens is 354 g/mol. The molecule has 0 radical (unpaired) electrons. The van der Waals surface area contributed by atoms with Gasteiger partial charge < -0.3 is 10.5 Å². The van der Waals surface area contributed by atoms with Gasteiger partial charge in [-0.15, -0.1) is 0 Å². The number of aromatic nitrogens is 4. The monoisotopic (exact) mass is 372 g/mol. The second-order valence-corrected chi connectivity index (χ2v) is 7.08. The van der Waals surface area contributed by atoms with Crippen molar-refractivity contribution in [1.29, 1.82) is 0 Å². The molecule has 0 spiro atoms. The van der Waals surface area contributed by atoms with Crippen molar-refractivity contribution in [3.63, 3.8) is 0 Å². The van der Waals surface area contributed by atoms with Crippen LogP contribution in [0.15, 0.2) is 30.9 Å². The van der Waals surface area contributed by atoms with Crippen LogP contribution in [0.3, 0.4) is 0 Å². The first-order valence-corrected chi connectivity index (χ1v) is 8.82. The number of hydrogen-bond acceptors (Lipinski definition) is 6. The summed E-state index contributed by atoms with van der Waals surface area (Å²) in [6.07, 6.45) is 3.14. The third-order valence-corrected chi connectivity index (χ3v) is 5.38. The van der Waals surface area contributed by atoms with E-state index in [0.717, 1.165) is 29.0 Å². The molecule has 0 saturated carbocycles. The van der Waals surface area contributed by atoms with E-state index in [1.807, 2.05) is 0 Å². The van der Waals surface area contributed by atoms with Gasteiger partial charge in [0.1, 0.15) is 30.4 Å². The molecule has 0 bridgehead atoms. The highest BCUT2D eigenvalue weighted by Gasteiger charge is 2.37. The molecule has 2 N–H and O–H groups in total. The number of nitrogens with zero attached hydrogens (tertiary/aromatic N) is 5. The number of ether oxygens (including phenoxy) is 1. The minimum Gasteiger partial charge on any atom is -0.370 e. The van der Waals surface area contributed by atoms with E-state index >= 15 is 0 Å². The summed E-state index contributed by atoms with van der Waals surface area (Å²) >= 11 is 0. The SMILES string of the molecule is N[C@H]1C[C@@H](N2Cc3nn4cncnc4c3C2)COC1c1cc(F)ccc1F. The summed E-state index contributed by atoms with van der Waals surface area (Å²) in [6, 6.07) is 3.04. The third kappa shape index (κ3) is 2.78. The zero-order chi connectivity index (χ0) is 18.5. The van der Waals surface area contributed by atoms with Crippen molar-refractivity contribution >= 4 is 5.65 Å². The fourth-order valence-corrected chi connectivity index (χ4v) is 4.05. The van der Waals surface area contributed by atoms with Gasteiger partial charge in [0.05, 0.1) is 12.3 Å². The minimum atomic E-state index is -0.645. The molecule has 1 unspecified atom stereocenters. The van der Waals surface area contributed by atoms with Crippen LogP contribution in [0.5, 0.6) is 0 Å². The second-order valence-electron chi connectivity index (χ2n) is 7.08. The summed E-state index contributed by atoms with van der Waals surface area (Å²) in [5.41, 5.74) is 9.33. The van der Waals surface area contributed by atoms with Crippen LogP contribution in [0.1, 0.15) is 29.3 Å². The van der Waals surface area contributed by atoms with E-state index in [-0.39, 0.29) is 11.6 Å². The van der Waals surface area contributed by atoms with Gasteiger partial charge in [-0.3, -0.25) is 4.90 Å². The van der Waals surface area contributed by atoms with Crippen LogP contribution >= 0.6 is 0 Å². The Labute approximate surface area is 153 Å². The van der Waals surface area contributed by atoms with Crippen LogP contribution in [-0.2, 0) is 17.8 Å². The number of halogens is 2. The normalized spacial score (nSPS) is 25.8. The Bertz CT molecular complexity index is 1010. The topological polar surface area (TPSA) is 81.6 Å². The van der Waals surface area contributed by atoms with Gasteiger partial charge in [-0.2, -0.15) is 5.10 Å². The zero-order valence-electron chi connectivity index (χ0n) is 14.4. The molecular formula is C18H18F2N6O. The predicted octanol–water partition coefficient (Wildman–Crippen LogP) is 1.58. The minimum absolute atomic E-state index is 0.0870. The summed E-state index contributed by atoms with van der Waals surface area (Å²) in [5.74, 6) is -0.992. The maximum absolute atomic E-state index is 14.1. The molecule has 5 rings (SSSR count). The smallest absolute Gasteiger partial charge is 0.163 e. The van der Waals surface area contributed by atoms with Crippen molar-refractivity contribution < 1.29 is 13.5 Å². The quantitative estimate of drug-likeness (QED) is 0.736. The Morgan fingerprint density at radius 3 is 2.96 bits per heavy atom. The summed E-state index contributed by atoms with van der Waals surface area (Å²) in [7, 11) is 0. The molecule has 140 valence electrons. The molecule has 1 fully saturated rings. The Morgan fingerprint density at radius 1 is 1.22 bits per heavy atom. The van der Waals surface area contributed by atoms with Crippen LogP contribution in [0.2, 0.25) is 0 Å². The van der Waals surface area contributed by atoms with Gasteiger partial charge in [-0.1, -0.05) is 0 Å². The van der Waals surface area contributed by atoms with Crippen LogP contribution in [0, 0.1) is 11.6 Å². The highest BCUT2D eigenvalue weighted by atomic mass is 19.1. The van der Waals surface area contributed by atoms with Crippen LogP contribution < -0.4 is 5.73 Å². The van der Waals surface area contributed by atoms with Crippen LogP contribution in [0.4, 0.5) is 8.78 Å². The van der Waals surface area contributed by atoms with Gasteiger partial charge in [-0.25, -0.2) is 23.3 Å². The number of nitrogens with two attached hydrogens (primary N) is 1. The second kappa shape index (κ2) is 6.29. The van der Waals surface area contributed by atoms with E-state index in [1.165, 1.54) is 12.4 Å². The van der Waals surface area contributed by atoms with Gasteiger partial charge in [0.25, 0.3) is 0 Å². The molecule has 0 aliphatic carbocycles. The molecule has 2 aromatic heterocycles. The maximum atomic E-state index is 14.1. The average Bonchev–Trinajstić information content (AvgIpc) is 3.22. The molecule has 2 aliphatic rings. The van der Waals surface area contributed by atoms with Crippen molar-refractivity contribution in [1.82, 2.24) is 24.5 Å². The van der Waals surface area contributed by atoms with Crippen molar-refractivity contribution in [3.8, 4) is 0 Å². The maximum Gasteiger partial charge on any atom is 0.163 e. The largest absolute Gasteiger partial charge is 0.370 e. The molecule has 9 heteroatoms. The fraction of sp³-hybridized carbons (Fsp3) is 0.389. The standard InChI is InChI=1S/C18H18F2N6O/c19-10-1-2-14(20)12(3-10)17-15(21)4-11(7-27-17)25-5-13-16(6-25)24-26-9-22-8-23-18(13)26/h1-3,8-9,11,15,17H,4-7,21H2/t11-,15+,17?/m1/s1. The van der Waals surface area contributed by atoms with Gasteiger partial charge in [0, 0.05) is 36.3 Å². The number of fused-ring (bicyclic) bond motifs is 3. The number of hydrogen-bond donors (Lipinski definition) is 1. The average molecular weight is 372 g/mol. The first-order chi connectivity index (χ1) is 13.1. The van der Waals surface area contributed by atoms with E-state index in [9.17, 15) is 8.78 Å². The summed E-state index contributed by atoms with van der Waals surface area (Å²) in [4.78, 5) is 10.5. The van der Waals surface area contributed by atoms with Crippen molar-refractivity contribution in [2.75, 3.05) is 6.61 Å². The molecule has 27 heavy (non-hydrogen) atoms. The van der Waals surface area contributed by atoms with E-state index in [2.05, 4.69) is 20.0 Å². The number of benzene rings is 1. The lowest BCUT2D eigenvalue weighted by molar-refractivity contribution is -0.0532. The molecule has 1 aromatic carbocycles. The Kier molecular flexibility index (Phi) is 3.88. The third-order valence-electron chi connectivity index (χ3n) is 5.38. The lowest BCUT2D eigenvalue weighted by Gasteiger charge is -2.38. The van der Waals surface area contributed by atoms with Gasteiger partial charge in [0.15, 0.2) is 5.65 Å². The highest BCUT2D eigenvalue weighted by Crippen LogP contribution is 2.34. The lowest BCUT2D eigenvalue weighted by Crippen LogP contribution is -2.47. The first-order valence-electron chi connectivity index (χ1n) is 8.82. The molecule has 3 aromatic rings. The van der Waals surface area contributed by atoms with Gasteiger partial charge in [0.2, 0.25) is 0 Å². The van der Waals surface area contributed by atoms with Crippen molar-refractivity contribution in [2.24, 2.45) is 5.73 Å². The predicted molar refractivity (Wildman–Crippen MR) is 91.5 cm³/mol. The van der Waals surface area contributed by atoms with Crippen LogP contribution in [-0.4, -0.2) is 43.2 Å². The molecule has 0 amide bonds. The molecule has 1 saturated heterocycles. The summed E-state index contributed by atoms with van der Waals surface area (Å²) < 4.78 is 35.1.